The second-order valence-corrected chi connectivity index (χ2v) is 7.93. The van der Waals surface area contributed by atoms with Crippen molar-refractivity contribution in [3.05, 3.63) is 83.0 Å². The van der Waals surface area contributed by atoms with Gasteiger partial charge in [0, 0.05) is 31.3 Å². The molecular weight excluding hydrogens is 360 g/mol. The normalized spacial score (nSPS) is 15.4. The maximum atomic E-state index is 12.7. The molecule has 0 saturated carbocycles. The molecule has 1 saturated heterocycles. The molecule has 0 aliphatic carbocycles. The Hall–Kier alpha value is -2.92. The minimum Gasteiger partial charge on any atom is -0.307 e. The highest BCUT2D eigenvalue weighted by molar-refractivity contribution is 6.04. The molecule has 150 valence electrons. The van der Waals surface area contributed by atoms with Gasteiger partial charge in [-0.15, -0.1) is 0 Å². The van der Waals surface area contributed by atoms with E-state index in [1.807, 2.05) is 41.9 Å². The molecule has 1 aliphatic heterocycles. The first-order valence-electron chi connectivity index (χ1n) is 10.3. The van der Waals surface area contributed by atoms with Crippen LogP contribution in [0.2, 0.25) is 0 Å². The third-order valence-electron chi connectivity index (χ3n) is 5.69. The molecule has 0 spiro atoms. The summed E-state index contributed by atoms with van der Waals surface area (Å²) in [7, 11) is 0. The maximum Gasteiger partial charge on any atom is 0.257 e. The quantitative estimate of drug-likeness (QED) is 0.695. The number of hydrogen-bond acceptors (Lipinski definition) is 3. The van der Waals surface area contributed by atoms with Crippen LogP contribution in [0, 0.1) is 13.8 Å². The number of carbonyl (C=O) groups is 1. The molecule has 0 bridgehead atoms. The number of rotatable bonds is 5. The molecule has 3 aromatic rings. The molecule has 1 N–H and O–H groups in total. The van der Waals surface area contributed by atoms with Crippen molar-refractivity contribution in [1.29, 1.82) is 0 Å². The number of benzene rings is 2. The second kappa shape index (κ2) is 8.62. The molecule has 5 nitrogen and oxygen atoms in total. The van der Waals surface area contributed by atoms with Gasteiger partial charge in [-0.05, 0) is 43.9 Å². The number of hydrogen-bond donors (Lipinski definition) is 1. The van der Waals surface area contributed by atoms with E-state index >= 15 is 0 Å². The zero-order chi connectivity index (χ0) is 20.2. The Balaban J connectivity index is 1.38. The van der Waals surface area contributed by atoms with E-state index in [2.05, 4.69) is 46.5 Å². The zero-order valence-electron chi connectivity index (χ0n) is 17.1. The van der Waals surface area contributed by atoms with Crippen LogP contribution < -0.4 is 5.32 Å². The zero-order valence-corrected chi connectivity index (χ0v) is 17.1. The van der Waals surface area contributed by atoms with Crippen LogP contribution in [-0.2, 0) is 6.54 Å². The highest BCUT2D eigenvalue weighted by Crippen LogP contribution is 2.26. The van der Waals surface area contributed by atoms with Crippen molar-refractivity contribution in [3.8, 4) is 0 Å². The average Bonchev–Trinajstić information content (AvgIpc) is 3.17. The molecule has 2 aromatic carbocycles. The molecule has 1 amide bonds. The van der Waals surface area contributed by atoms with Crippen LogP contribution in [0.25, 0.3) is 0 Å². The first-order valence-corrected chi connectivity index (χ1v) is 10.3. The summed E-state index contributed by atoms with van der Waals surface area (Å²) >= 11 is 0. The van der Waals surface area contributed by atoms with Gasteiger partial charge in [0.25, 0.3) is 5.91 Å². The fourth-order valence-corrected chi connectivity index (χ4v) is 4.11. The summed E-state index contributed by atoms with van der Waals surface area (Å²) in [5, 5.41) is 7.56. The third-order valence-corrected chi connectivity index (χ3v) is 5.69. The van der Waals surface area contributed by atoms with E-state index in [1.54, 1.807) is 6.20 Å². The van der Waals surface area contributed by atoms with E-state index in [-0.39, 0.29) is 5.91 Å². The molecule has 1 aromatic heterocycles. The van der Waals surface area contributed by atoms with Gasteiger partial charge in [0.15, 0.2) is 0 Å². The minimum absolute atomic E-state index is 0.0817. The third kappa shape index (κ3) is 4.57. The Morgan fingerprint density at radius 2 is 1.86 bits per heavy atom. The summed E-state index contributed by atoms with van der Waals surface area (Å²) in [6.07, 6.45) is 3.83. The molecule has 1 fully saturated rings. The van der Waals surface area contributed by atoms with Crippen LogP contribution in [0.1, 0.15) is 45.9 Å². The number of anilines is 1. The van der Waals surface area contributed by atoms with Crippen LogP contribution in [0.5, 0.6) is 0 Å². The summed E-state index contributed by atoms with van der Waals surface area (Å²) in [5.74, 6) is 0.692. The van der Waals surface area contributed by atoms with E-state index < -0.39 is 0 Å². The van der Waals surface area contributed by atoms with E-state index in [1.165, 1.54) is 11.1 Å². The fraction of sp³-hybridized carbons (Fsp3) is 0.333. The van der Waals surface area contributed by atoms with Crippen LogP contribution in [0.3, 0.4) is 0 Å². The summed E-state index contributed by atoms with van der Waals surface area (Å²) in [5.41, 5.74) is 4.35. The lowest BCUT2D eigenvalue weighted by molar-refractivity contribution is 0.102. The van der Waals surface area contributed by atoms with Gasteiger partial charge in [0.2, 0.25) is 0 Å². The van der Waals surface area contributed by atoms with E-state index in [0.717, 1.165) is 43.9 Å². The van der Waals surface area contributed by atoms with Crippen LogP contribution in [-0.4, -0.2) is 33.7 Å². The Bertz CT molecular complexity index is 986. The van der Waals surface area contributed by atoms with E-state index in [0.29, 0.717) is 11.6 Å². The molecular formula is C24H28N4O. The standard InChI is InChI=1S/C24H28N4O/c1-18-6-5-8-20(16-18)17-27-14-11-21(12-15-27)28-23(10-13-25-28)26-24(29)22-9-4-3-7-19(22)2/h3-10,13,16,21H,11-12,14-15,17H2,1-2H3,(H,26,29). The van der Waals surface area contributed by atoms with Crippen molar-refractivity contribution in [1.82, 2.24) is 14.7 Å². The van der Waals surface area contributed by atoms with Crippen molar-refractivity contribution in [3.63, 3.8) is 0 Å². The lowest BCUT2D eigenvalue weighted by Gasteiger charge is -2.32. The number of carbonyl (C=O) groups excluding carboxylic acids is 1. The lowest BCUT2D eigenvalue weighted by atomic mass is 10.0. The van der Waals surface area contributed by atoms with E-state index in [4.69, 9.17) is 0 Å². The number of aryl methyl sites for hydroxylation is 2. The number of amides is 1. The van der Waals surface area contributed by atoms with Gasteiger partial charge >= 0.3 is 0 Å². The van der Waals surface area contributed by atoms with Crippen LogP contribution >= 0.6 is 0 Å². The maximum absolute atomic E-state index is 12.7. The average molecular weight is 389 g/mol. The van der Waals surface area contributed by atoms with Gasteiger partial charge in [-0.2, -0.15) is 5.10 Å². The molecule has 4 rings (SSSR count). The molecule has 5 heteroatoms. The summed E-state index contributed by atoms with van der Waals surface area (Å²) < 4.78 is 1.99. The minimum atomic E-state index is -0.0817. The van der Waals surface area contributed by atoms with Crippen molar-refractivity contribution in [2.45, 2.75) is 39.3 Å². The smallest absolute Gasteiger partial charge is 0.257 e. The van der Waals surface area contributed by atoms with Crippen molar-refractivity contribution in [2.75, 3.05) is 18.4 Å². The number of nitrogens with zero attached hydrogens (tertiary/aromatic N) is 3. The van der Waals surface area contributed by atoms with Gasteiger partial charge in [-0.3, -0.25) is 9.69 Å². The summed E-state index contributed by atoms with van der Waals surface area (Å²) in [6, 6.07) is 18.6. The molecule has 2 heterocycles. The van der Waals surface area contributed by atoms with Gasteiger partial charge in [0.1, 0.15) is 5.82 Å². The molecule has 29 heavy (non-hydrogen) atoms. The van der Waals surface area contributed by atoms with Gasteiger partial charge in [0.05, 0.1) is 12.2 Å². The predicted molar refractivity (Wildman–Crippen MR) is 116 cm³/mol. The Morgan fingerprint density at radius 3 is 2.62 bits per heavy atom. The largest absolute Gasteiger partial charge is 0.307 e. The molecule has 1 aliphatic rings. The second-order valence-electron chi connectivity index (χ2n) is 7.93. The summed E-state index contributed by atoms with van der Waals surface area (Å²) in [4.78, 5) is 15.2. The number of aromatic nitrogens is 2. The Morgan fingerprint density at radius 1 is 1.07 bits per heavy atom. The number of nitrogens with one attached hydrogen (secondary N) is 1. The summed E-state index contributed by atoms with van der Waals surface area (Å²) in [6.45, 7) is 7.15. The van der Waals surface area contributed by atoms with E-state index in [9.17, 15) is 4.79 Å². The van der Waals surface area contributed by atoms with Gasteiger partial charge < -0.3 is 5.32 Å². The molecule has 0 radical (unpaired) electrons. The number of likely N-dealkylation sites (tertiary alicyclic amines) is 1. The lowest BCUT2D eigenvalue weighted by Crippen LogP contribution is -2.35. The van der Waals surface area contributed by atoms with Crippen molar-refractivity contribution in [2.24, 2.45) is 0 Å². The highest BCUT2D eigenvalue weighted by atomic mass is 16.1. The van der Waals surface area contributed by atoms with Gasteiger partial charge in [-0.1, -0.05) is 48.0 Å². The van der Waals surface area contributed by atoms with Crippen LogP contribution in [0.15, 0.2) is 60.8 Å². The van der Waals surface area contributed by atoms with Crippen molar-refractivity contribution >= 4 is 11.7 Å². The first-order chi connectivity index (χ1) is 14.1. The monoisotopic (exact) mass is 388 g/mol. The fourth-order valence-electron chi connectivity index (χ4n) is 4.11. The molecule has 0 unspecified atom stereocenters. The predicted octanol–water partition coefficient (Wildman–Crippen LogP) is 4.59. The first kappa shape index (κ1) is 19.4. The van der Waals surface area contributed by atoms with Gasteiger partial charge in [-0.25, -0.2) is 4.68 Å². The van der Waals surface area contributed by atoms with Crippen molar-refractivity contribution < 1.29 is 4.79 Å². The Kier molecular flexibility index (Phi) is 5.76. The SMILES string of the molecule is Cc1cccc(CN2CCC(n3nccc3NC(=O)c3ccccc3C)CC2)c1. The Labute approximate surface area is 172 Å². The highest BCUT2D eigenvalue weighted by Gasteiger charge is 2.23. The van der Waals surface area contributed by atoms with Crippen LogP contribution in [0.4, 0.5) is 5.82 Å². The molecule has 0 atom stereocenters. The topological polar surface area (TPSA) is 50.2 Å². The number of piperidine rings is 1.